The summed E-state index contributed by atoms with van der Waals surface area (Å²) in [6.07, 6.45) is 1.44. The van der Waals surface area contributed by atoms with Gasteiger partial charge in [-0.25, -0.2) is 4.98 Å². The second-order valence-corrected chi connectivity index (χ2v) is 9.60. The number of nitrogens with one attached hydrogen (secondary N) is 2. The van der Waals surface area contributed by atoms with Crippen LogP contribution >= 0.6 is 0 Å². The molecule has 4 rings (SSSR count). The van der Waals surface area contributed by atoms with Gasteiger partial charge in [-0.05, 0) is 60.2 Å². The number of benzene rings is 2. The van der Waals surface area contributed by atoms with Gasteiger partial charge in [0.2, 0.25) is 5.91 Å². The Morgan fingerprint density at radius 3 is 2.40 bits per heavy atom. The highest BCUT2D eigenvalue weighted by molar-refractivity contribution is 5.98. The first-order valence-electron chi connectivity index (χ1n) is 13.5. The van der Waals surface area contributed by atoms with E-state index in [4.69, 9.17) is 5.73 Å². The molecule has 3 aromatic rings. The summed E-state index contributed by atoms with van der Waals surface area (Å²) in [4.78, 5) is 46.1. The highest BCUT2D eigenvalue weighted by Gasteiger charge is 2.22. The molecule has 210 valence electrons. The Bertz CT molecular complexity index is 1320. The Kier molecular flexibility index (Phi) is 9.63. The van der Waals surface area contributed by atoms with E-state index in [1.54, 1.807) is 24.3 Å². The van der Waals surface area contributed by atoms with Crippen molar-refractivity contribution < 1.29 is 9.59 Å². The van der Waals surface area contributed by atoms with Crippen LogP contribution in [0.5, 0.6) is 0 Å². The van der Waals surface area contributed by atoms with Gasteiger partial charge in [0.25, 0.3) is 5.91 Å². The molecule has 1 aliphatic rings. The smallest absolute Gasteiger partial charge is 0.252 e. The van der Waals surface area contributed by atoms with Gasteiger partial charge in [0.1, 0.15) is 11.5 Å². The van der Waals surface area contributed by atoms with Crippen molar-refractivity contribution in [3.05, 3.63) is 76.8 Å². The molecule has 11 heteroatoms. The van der Waals surface area contributed by atoms with Crippen LogP contribution in [0.1, 0.15) is 29.8 Å². The van der Waals surface area contributed by atoms with Gasteiger partial charge in [-0.3, -0.25) is 14.5 Å². The Morgan fingerprint density at radius 1 is 1.02 bits per heavy atom. The number of hydrogen-bond acceptors (Lipinski definition) is 9. The van der Waals surface area contributed by atoms with Crippen molar-refractivity contribution >= 4 is 40.4 Å². The minimum Gasteiger partial charge on any atom is -0.380 e. The molecule has 4 N–H and O–H groups in total. The monoisotopic (exact) mass is 544 g/mol. The average molecular weight is 545 g/mol. The lowest BCUT2D eigenvalue weighted by Crippen LogP contribution is -2.51. The SMILES string of the molecule is CCN(CC)CC(=O)N1CCN(c2ccc(Nc3cc(NCc4cccc(N=O)c4)c(C(N)=O)cn3)cc2)CC1. The summed E-state index contributed by atoms with van der Waals surface area (Å²) in [6.45, 7) is 9.74. The first kappa shape index (κ1) is 28.5. The number of aromatic nitrogens is 1. The summed E-state index contributed by atoms with van der Waals surface area (Å²) in [6, 6.07) is 16.7. The lowest BCUT2D eigenvalue weighted by molar-refractivity contribution is -0.132. The van der Waals surface area contributed by atoms with Crippen LogP contribution in [0.25, 0.3) is 0 Å². The number of anilines is 4. The van der Waals surface area contributed by atoms with Crippen LogP contribution in [-0.4, -0.2) is 72.4 Å². The number of carbonyl (C=O) groups excluding carboxylic acids is 2. The zero-order chi connectivity index (χ0) is 28.5. The molecule has 1 aliphatic heterocycles. The summed E-state index contributed by atoms with van der Waals surface area (Å²) in [5, 5.41) is 9.44. The number of likely N-dealkylation sites (N-methyl/N-ethyl adjacent to an activating group) is 1. The predicted molar refractivity (Wildman–Crippen MR) is 158 cm³/mol. The minimum absolute atomic E-state index is 0.193. The topological polar surface area (TPSA) is 136 Å². The summed E-state index contributed by atoms with van der Waals surface area (Å²) < 4.78 is 0. The maximum atomic E-state index is 12.6. The highest BCUT2D eigenvalue weighted by atomic mass is 16.3. The number of rotatable bonds is 12. The van der Waals surface area contributed by atoms with E-state index in [0.29, 0.717) is 43.4 Å². The van der Waals surface area contributed by atoms with Crippen LogP contribution in [0, 0.1) is 4.91 Å². The summed E-state index contributed by atoms with van der Waals surface area (Å²) in [5.74, 6) is 0.144. The van der Waals surface area contributed by atoms with Gasteiger partial charge in [-0.1, -0.05) is 26.0 Å². The standard InChI is InChI=1S/C29H36N8O3/c1-3-35(4-2)20-28(38)37-14-12-36(13-15-37)24-10-8-22(9-11-24)33-27-17-26(25(19-32-27)29(30)39)31-18-21-6-5-7-23(16-21)34-40/h5-11,16-17,19H,3-4,12-15,18,20H2,1-2H3,(H2,30,39)(H2,31,32,33). The van der Waals surface area contributed by atoms with Crippen molar-refractivity contribution in [2.75, 3.05) is 61.3 Å². The third kappa shape index (κ3) is 7.32. The van der Waals surface area contributed by atoms with E-state index < -0.39 is 5.91 Å². The van der Waals surface area contributed by atoms with E-state index >= 15 is 0 Å². The Morgan fingerprint density at radius 2 is 1.75 bits per heavy atom. The molecule has 0 atom stereocenters. The number of nitroso groups, excluding NO2 is 1. The summed E-state index contributed by atoms with van der Waals surface area (Å²) in [7, 11) is 0. The fraction of sp³-hybridized carbons (Fsp3) is 0.345. The molecule has 2 amide bonds. The molecule has 1 saturated heterocycles. The van der Waals surface area contributed by atoms with Gasteiger partial charge in [0.15, 0.2) is 0 Å². The molecular formula is C29H36N8O3. The molecule has 0 saturated carbocycles. The van der Waals surface area contributed by atoms with Crippen molar-refractivity contribution in [1.29, 1.82) is 0 Å². The maximum absolute atomic E-state index is 12.6. The fourth-order valence-electron chi connectivity index (χ4n) is 4.64. The second-order valence-electron chi connectivity index (χ2n) is 9.60. The van der Waals surface area contributed by atoms with E-state index in [-0.39, 0.29) is 11.5 Å². The normalized spacial score (nSPS) is 13.3. The van der Waals surface area contributed by atoms with Crippen LogP contribution in [0.2, 0.25) is 0 Å². The van der Waals surface area contributed by atoms with Gasteiger partial charge in [0, 0.05) is 56.4 Å². The lowest BCUT2D eigenvalue weighted by Gasteiger charge is -2.37. The van der Waals surface area contributed by atoms with Gasteiger partial charge < -0.3 is 26.2 Å². The van der Waals surface area contributed by atoms with Crippen molar-refractivity contribution in [2.45, 2.75) is 20.4 Å². The predicted octanol–water partition coefficient (Wildman–Crippen LogP) is 3.92. The highest BCUT2D eigenvalue weighted by Crippen LogP contribution is 2.25. The molecule has 0 bridgehead atoms. The minimum atomic E-state index is -0.593. The molecule has 11 nitrogen and oxygen atoms in total. The molecule has 0 spiro atoms. The van der Waals surface area contributed by atoms with Crippen molar-refractivity contribution in [1.82, 2.24) is 14.8 Å². The molecule has 40 heavy (non-hydrogen) atoms. The zero-order valence-electron chi connectivity index (χ0n) is 23.0. The third-order valence-corrected chi connectivity index (χ3v) is 7.06. The fourth-order valence-corrected chi connectivity index (χ4v) is 4.64. The maximum Gasteiger partial charge on any atom is 0.252 e. The van der Waals surface area contributed by atoms with Crippen molar-refractivity contribution in [2.24, 2.45) is 10.9 Å². The molecule has 0 aliphatic carbocycles. The number of nitrogens with zero attached hydrogens (tertiary/aromatic N) is 5. The Hall–Kier alpha value is -4.51. The number of nitrogens with two attached hydrogens (primary N) is 1. The number of amides is 2. The van der Waals surface area contributed by atoms with Gasteiger partial charge in [0.05, 0.1) is 17.8 Å². The van der Waals surface area contributed by atoms with E-state index in [9.17, 15) is 14.5 Å². The largest absolute Gasteiger partial charge is 0.380 e. The molecule has 2 heterocycles. The number of pyridine rings is 1. The van der Waals surface area contributed by atoms with Crippen LogP contribution in [0.4, 0.5) is 28.6 Å². The van der Waals surface area contributed by atoms with Crippen LogP contribution in [0.15, 0.2) is 66.0 Å². The van der Waals surface area contributed by atoms with Crippen LogP contribution in [-0.2, 0) is 11.3 Å². The molecule has 1 fully saturated rings. The van der Waals surface area contributed by atoms with E-state index in [1.807, 2.05) is 35.2 Å². The molecule has 1 aromatic heterocycles. The number of hydrogen-bond donors (Lipinski definition) is 3. The second kappa shape index (κ2) is 13.5. The van der Waals surface area contributed by atoms with Gasteiger partial charge in [-0.15, -0.1) is 4.91 Å². The number of primary amides is 1. The van der Waals surface area contributed by atoms with E-state index in [2.05, 4.69) is 44.4 Å². The molecule has 0 unspecified atom stereocenters. The molecule has 2 aromatic carbocycles. The summed E-state index contributed by atoms with van der Waals surface area (Å²) >= 11 is 0. The van der Waals surface area contributed by atoms with Crippen molar-refractivity contribution in [3.8, 4) is 0 Å². The van der Waals surface area contributed by atoms with Gasteiger partial charge >= 0.3 is 0 Å². The Labute approximate surface area is 234 Å². The number of carbonyl (C=O) groups is 2. The van der Waals surface area contributed by atoms with Crippen LogP contribution < -0.4 is 21.3 Å². The number of piperazine rings is 1. The van der Waals surface area contributed by atoms with Crippen molar-refractivity contribution in [3.63, 3.8) is 0 Å². The lowest BCUT2D eigenvalue weighted by atomic mass is 10.1. The zero-order valence-corrected chi connectivity index (χ0v) is 23.0. The molecular weight excluding hydrogens is 508 g/mol. The van der Waals surface area contributed by atoms with Gasteiger partial charge in [-0.2, -0.15) is 0 Å². The van der Waals surface area contributed by atoms with E-state index in [0.717, 1.165) is 43.1 Å². The van der Waals surface area contributed by atoms with E-state index in [1.165, 1.54) is 6.20 Å². The third-order valence-electron chi connectivity index (χ3n) is 7.06. The molecule has 0 radical (unpaired) electrons. The quantitative estimate of drug-likeness (QED) is 0.292. The van der Waals surface area contributed by atoms with Crippen LogP contribution in [0.3, 0.4) is 0 Å². The average Bonchev–Trinajstić information content (AvgIpc) is 2.99. The summed E-state index contributed by atoms with van der Waals surface area (Å²) in [5.41, 5.74) is 9.45. The Balaban J connectivity index is 1.36. The first-order valence-corrected chi connectivity index (χ1v) is 13.5. The first-order chi connectivity index (χ1) is 19.4.